The average molecular weight is 292 g/mol. The van der Waals surface area contributed by atoms with E-state index in [2.05, 4.69) is 67.0 Å². The van der Waals surface area contributed by atoms with E-state index >= 15 is 0 Å². The number of aromatic nitrogens is 1. The van der Waals surface area contributed by atoms with Crippen molar-refractivity contribution in [3.05, 3.63) is 40.3 Å². The quantitative estimate of drug-likeness (QED) is 0.821. The van der Waals surface area contributed by atoms with Crippen LogP contribution in [0.25, 0.3) is 0 Å². The van der Waals surface area contributed by atoms with E-state index in [1.807, 2.05) is 0 Å². The highest BCUT2D eigenvalue weighted by atomic mass is 32.2. The van der Waals surface area contributed by atoms with Crippen molar-refractivity contribution >= 4 is 28.8 Å². The van der Waals surface area contributed by atoms with E-state index in [-0.39, 0.29) is 5.41 Å². The van der Waals surface area contributed by atoms with Crippen molar-refractivity contribution in [3.8, 4) is 0 Å². The Kier molecular flexibility index (Phi) is 4.53. The van der Waals surface area contributed by atoms with Crippen molar-refractivity contribution in [2.45, 2.75) is 37.6 Å². The van der Waals surface area contributed by atoms with Crippen LogP contribution in [0.1, 0.15) is 31.5 Å². The van der Waals surface area contributed by atoms with Crippen LogP contribution in [0, 0.1) is 0 Å². The maximum Gasteiger partial charge on any atom is 0.0982 e. The van der Waals surface area contributed by atoms with Crippen LogP contribution >= 0.6 is 23.1 Å². The third-order valence-electron chi connectivity index (χ3n) is 2.76. The predicted molar refractivity (Wildman–Crippen MR) is 86.4 cm³/mol. The zero-order chi connectivity index (χ0) is 13.9. The molecule has 1 aromatic heterocycles. The van der Waals surface area contributed by atoms with E-state index < -0.39 is 0 Å². The van der Waals surface area contributed by atoms with Gasteiger partial charge in [-0.3, -0.25) is 0 Å². The van der Waals surface area contributed by atoms with Gasteiger partial charge in [-0.25, -0.2) is 4.98 Å². The van der Waals surface area contributed by atoms with E-state index in [4.69, 9.17) is 0 Å². The molecule has 0 aliphatic rings. The first-order chi connectivity index (χ1) is 8.99. The van der Waals surface area contributed by atoms with Gasteiger partial charge in [0.1, 0.15) is 0 Å². The third kappa shape index (κ3) is 3.98. The molecule has 0 aliphatic carbocycles. The van der Waals surface area contributed by atoms with Crippen LogP contribution < -0.4 is 5.32 Å². The van der Waals surface area contributed by atoms with Crippen LogP contribution in [-0.4, -0.2) is 11.2 Å². The largest absolute Gasteiger partial charge is 0.379 e. The molecule has 19 heavy (non-hydrogen) atoms. The molecule has 2 nitrogen and oxygen atoms in total. The van der Waals surface area contributed by atoms with Gasteiger partial charge in [0.15, 0.2) is 0 Å². The highest BCUT2D eigenvalue weighted by molar-refractivity contribution is 7.98. The summed E-state index contributed by atoms with van der Waals surface area (Å²) in [5.74, 6) is 0. The Labute approximate surface area is 123 Å². The minimum absolute atomic E-state index is 0.142. The van der Waals surface area contributed by atoms with Gasteiger partial charge in [-0.15, -0.1) is 23.1 Å². The Hall–Kier alpha value is -1.00. The summed E-state index contributed by atoms with van der Waals surface area (Å²) in [5, 5.41) is 6.75. The molecule has 0 unspecified atom stereocenters. The number of thiazole rings is 1. The molecule has 102 valence electrons. The fourth-order valence-corrected chi connectivity index (χ4v) is 2.95. The minimum atomic E-state index is 0.142. The van der Waals surface area contributed by atoms with Crippen LogP contribution in [0.4, 0.5) is 5.69 Å². The van der Waals surface area contributed by atoms with E-state index in [1.165, 1.54) is 9.90 Å². The van der Waals surface area contributed by atoms with Crippen LogP contribution in [0.2, 0.25) is 0 Å². The number of rotatable bonds is 4. The average Bonchev–Trinajstić information content (AvgIpc) is 2.86. The summed E-state index contributed by atoms with van der Waals surface area (Å²) in [5.41, 5.74) is 2.40. The second kappa shape index (κ2) is 5.97. The molecule has 1 aromatic carbocycles. The predicted octanol–water partition coefficient (Wildman–Crippen LogP) is 4.77. The Balaban J connectivity index is 1.96. The summed E-state index contributed by atoms with van der Waals surface area (Å²) in [6.45, 7) is 7.38. The van der Waals surface area contributed by atoms with Crippen LogP contribution in [0.15, 0.2) is 34.5 Å². The summed E-state index contributed by atoms with van der Waals surface area (Å²) < 4.78 is 0. The molecule has 0 aliphatic heterocycles. The van der Waals surface area contributed by atoms with Gasteiger partial charge in [0.2, 0.25) is 0 Å². The lowest BCUT2D eigenvalue weighted by Crippen LogP contribution is -2.11. The molecule has 1 N–H and O–H groups in total. The van der Waals surface area contributed by atoms with Gasteiger partial charge in [-0.05, 0) is 30.5 Å². The molecule has 0 fully saturated rings. The molecule has 0 bridgehead atoms. The lowest BCUT2D eigenvalue weighted by molar-refractivity contribution is 0.583. The van der Waals surface area contributed by atoms with Crippen molar-refractivity contribution in [1.29, 1.82) is 0 Å². The number of nitrogens with one attached hydrogen (secondary N) is 1. The van der Waals surface area contributed by atoms with Crippen LogP contribution in [-0.2, 0) is 12.0 Å². The Bertz CT molecular complexity index is 524. The molecular formula is C15H20N2S2. The molecule has 0 saturated carbocycles. The third-order valence-corrected chi connectivity index (χ3v) is 4.82. The second-order valence-corrected chi connectivity index (χ2v) is 7.21. The normalized spacial score (nSPS) is 11.6. The van der Waals surface area contributed by atoms with Gasteiger partial charge in [-0.2, -0.15) is 0 Å². The van der Waals surface area contributed by atoms with Gasteiger partial charge in [0.25, 0.3) is 0 Å². The zero-order valence-corrected chi connectivity index (χ0v) is 13.5. The van der Waals surface area contributed by atoms with E-state index in [0.29, 0.717) is 0 Å². The number of hydrogen-bond donors (Lipinski definition) is 1. The van der Waals surface area contributed by atoms with Crippen molar-refractivity contribution < 1.29 is 0 Å². The maximum absolute atomic E-state index is 4.68. The Morgan fingerprint density at radius 2 is 1.89 bits per heavy atom. The Morgan fingerprint density at radius 1 is 1.21 bits per heavy atom. The van der Waals surface area contributed by atoms with Gasteiger partial charge < -0.3 is 5.32 Å². The maximum atomic E-state index is 4.68. The Morgan fingerprint density at radius 3 is 2.42 bits per heavy atom. The second-order valence-electron chi connectivity index (χ2n) is 5.48. The summed E-state index contributed by atoms with van der Waals surface area (Å²) in [7, 11) is 0. The van der Waals surface area contributed by atoms with Gasteiger partial charge in [0, 0.05) is 21.4 Å². The van der Waals surface area contributed by atoms with E-state index in [0.717, 1.165) is 17.9 Å². The summed E-state index contributed by atoms with van der Waals surface area (Å²) in [6, 6.07) is 8.50. The first kappa shape index (κ1) is 14.4. The van der Waals surface area contributed by atoms with E-state index in [1.54, 1.807) is 23.1 Å². The standard InChI is InChI=1S/C15H20N2S2/c1-15(2,3)14-17-12(10-19-14)9-16-11-5-7-13(18-4)8-6-11/h5-8,10,16H,9H2,1-4H3. The molecule has 2 aromatic rings. The smallest absolute Gasteiger partial charge is 0.0982 e. The topological polar surface area (TPSA) is 24.9 Å². The fraction of sp³-hybridized carbons (Fsp3) is 0.400. The lowest BCUT2D eigenvalue weighted by atomic mass is 9.98. The molecule has 4 heteroatoms. The molecule has 0 radical (unpaired) electrons. The number of thioether (sulfide) groups is 1. The van der Waals surface area contributed by atoms with Gasteiger partial charge in [0.05, 0.1) is 17.2 Å². The highest BCUT2D eigenvalue weighted by Crippen LogP contribution is 2.26. The van der Waals surface area contributed by atoms with Gasteiger partial charge >= 0.3 is 0 Å². The summed E-state index contributed by atoms with van der Waals surface area (Å²) >= 11 is 3.50. The molecule has 0 saturated heterocycles. The van der Waals surface area contributed by atoms with Crippen LogP contribution in [0.3, 0.4) is 0 Å². The van der Waals surface area contributed by atoms with Gasteiger partial charge in [-0.1, -0.05) is 20.8 Å². The molecule has 0 spiro atoms. The number of nitrogens with zero attached hydrogens (tertiary/aromatic N) is 1. The lowest BCUT2D eigenvalue weighted by Gasteiger charge is -2.13. The van der Waals surface area contributed by atoms with Crippen LogP contribution in [0.5, 0.6) is 0 Å². The molecular weight excluding hydrogens is 272 g/mol. The molecule has 0 atom stereocenters. The van der Waals surface area contributed by atoms with Crippen molar-refractivity contribution in [2.75, 3.05) is 11.6 Å². The first-order valence-electron chi connectivity index (χ1n) is 6.32. The molecule has 1 heterocycles. The fourth-order valence-electron chi connectivity index (χ4n) is 1.63. The minimum Gasteiger partial charge on any atom is -0.379 e. The first-order valence-corrected chi connectivity index (χ1v) is 8.42. The molecule has 2 rings (SSSR count). The number of anilines is 1. The summed E-state index contributed by atoms with van der Waals surface area (Å²) in [4.78, 5) is 5.97. The van der Waals surface area contributed by atoms with Crippen molar-refractivity contribution in [3.63, 3.8) is 0 Å². The monoisotopic (exact) mass is 292 g/mol. The van der Waals surface area contributed by atoms with Crippen molar-refractivity contribution in [2.24, 2.45) is 0 Å². The number of hydrogen-bond acceptors (Lipinski definition) is 4. The SMILES string of the molecule is CSc1ccc(NCc2csc(C(C)(C)C)n2)cc1. The zero-order valence-electron chi connectivity index (χ0n) is 11.9. The highest BCUT2D eigenvalue weighted by Gasteiger charge is 2.17. The van der Waals surface area contributed by atoms with Crippen molar-refractivity contribution in [1.82, 2.24) is 4.98 Å². The van der Waals surface area contributed by atoms with E-state index in [9.17, 15) is 0 Å². The number of benzene rings is 1. The summed E-state index contributed by atoms with van der Waals surface area (Å²) in [6.07, 6.45) is 2.09. The molecule has 0 amide bonds.